The van der Waals surface area contributed by atoms with Crippen molar-refractivity contribution < 1.29 is 14.3 Å². The molecule has 0 bridgehead atoms. The molecule has 0 aromatic carbocycles. The molecule has 0 fully saturated rings. The van der Waals surface area contributed by atoms with Gasteiger partial charge in [0.2, 0.25) is 0 Å². The summed E-state index contributed by atoms with van der Waals surface area (Å²) in [7, 11) is 0. The minimum atomic E-state index is -0.588. The monoisotopic (exact) mass is 343 g/mol. The van der Waals surface area contributed by atoms with Crippen LogP contribution >= 0.6 is 11.3 Å². The summed E-state index contributed by atoms with van der Waals surface area (Å²) in [5.41, 5.74) is 1.89. The van der Waals surface area contributed by atoms with Crippen molar-refractivity contribution in [3.63, 3.8) is 0 Å². The Balaban J connectivity index is 1.64. The number of fused-ring (bicyclic) bond motifs is 1. The lowest BCUT2D eigenvalue weighted by atomic mass is 9.89. The number of amides is 1. The number of H-pyrrole nitrogens is 1. The van der Waals surface area contributed by atoms with E-state index in [-0.39, 0.29) is 6.61 Å². The quantitative estimate of drug-likeness (QED) is 0.835. The van der Waals surface area contributed by atoms with E-state index in [0.29, 0.717) is 22.2 Å². The van der Waals surface area contributed by atoms with Crippen molar-refractivity contribution in [1.29, 1.82) is 5.26 Å². The van der Waals surface area contributed by atoms with Crippen molar-refractivity contribution in [3.05, 3.63) is 40.0 Å². The molecule has 1 amide bonds. The van der Waals surface area contributed by atoms with Gasteiger partial charge in [-0.25, -0.2) is 4.79 Å². The van der Waals surface area contributed by atoms with Crippen molar-refractivity contribution >= 4 is 28.2 Å². The van der Waals surface area contributed by atoms with E-state index in [9.17, 15) is 14.9 Å². The van der Waals surface area contributed by atoms with Gasteiger partial charge in [0, 0.05) is 11.1 Å². The van der Waals surface area contributed by atoms with E-state index in [1.54, 1.807) is 18.3 Å². The first kappa shape index (κ1) is 16.3. The smallest absolute Gasteiger partial charge is 0.355 e. The molecule has 1 aliphatic carbocycles. The Bertz CT molecular complexity index is 802. The van der Waals surface area contributed by atoms with Crippen LogP contribution in [-0.2, 0) is 22.4 Å². The third kappa shape index (κ3) is 3.34. The molecule has 3 rings (SSSR count). The van der Waals surface area contributed by atoms with Gasteiger partial charge in [-0.15, -0.1) is 11.3 Å². The lowest BCUT2D eigenvalue weighted by Gasteiger charge is -2.17. The van der Waals surface area contributed by atoms with Crippen LogP contribution in [0.1, 0.15) is 39.8 Å². The lowest BCUT2D eigenvalue weighted by Crippen LogP contribution is -2.21. The number of aromatic nitrogens is 1. The molecule has 2 N–H and O–H groups in total. The molecule has 7 heteroatoms. The zero-order valence-electron chi connectivity index (χ0n) is 13.2. The molecule has 2 heterocycles. The first-order chi connectivity index (χ1) is 11.6. The summed E-state index contributed by atoms with van der Waals surface area (Å²) < 4.78 is 4.95. The number of hydrogen-bond acceptors (Lipinski definition) is 5. The maximum Gasteiger partial charge on any atom is 0.355 e. The van der Waals surface area contributed by atoms with Crippen LogP contribution in [0.25, 0.3) is 0 Å². The van der Waals surface area contributed by atoms with E-state index in [4.69, 9.17) is 4.74 Å². The highest BCUT2D eigenvalue weighted by molar-refractivity contribution is 7.16. The number of carbonyl (C=O) groups excluding carboxylic acids is 2. The molecule has 0 aliphatic heterocycles. The van der Waals surface area contributed by atoms with Gasteiger partial charge in [0.25, 0.3) is 5.91 Å². The summed E-state index contributed by atoms with van der Waals surface area (Å²) in [6.45, 7) is 1.80. The van der Waals surface area contributed by atoms with E-state index >= 15 is 0 Å². The Morgan fingerprint density at radius 1 is 1.54 bits per heavy atom. The fourth-order valence-electron chi connectivity index (χ4n) is 2.79. The second-order valence-electron chi connectivity index (χ2n) is 5.88. The van der Waals surface area contributed by atoms with E-state index in [1.165, 1.54) is 16.2 Å². The number of nitrogens with one attached hydrogen (secondary N) is 2. The molecule has 6 nitrogen and oxygen atoms in total. The molecule has 0 saturated heterocycles. The molecule has 1 aliphatic rings. The molecule has 0 saturated carbocycles. The molecule has 0 radical (unpaired) electrons. The zero-order chi connectivity index (χ0) is 17.1. The Labute approximate surface area is 143 Å². The fourth-order valence-corrected chi connectivity index (χ4v) is 4.16. The highest BCUT2D eigenvalue weighted by atomic mass is 32.1. The predicted molar refractivity (Wildman–Crippen MR) is 89.9 cm³/mol. The number of ether oxygens (including phenoxy) is 1. The molecule has 24 heavy (non-hydrogen) atoms. The predicted octanol–water partition coefficient (Wildman–Crippen LogP) is 2.87. The van der Waals surface area contributed by atoms with Crippen molar-refractivity contribution in [2.45, 2.75) is 26.2 Å². The summed E-state index contributed by atoms with van der Waals surface area (Å²) in [5.74, 6) is -0.444. The summed E-state index contributed by atoms with van der Waals surface area (Å²) in [4.78, 5) is 27.6. The van der Waals surface area contributed by atoms with Gasteiger partial charge in [-0.2, -0.15) is 5.26 Å². The summed E-state index contributed by atoms with van der Waals surface area (Å²) in [6, 6.07) is 5.44. The lowest BCUT2D eigenvalue weighted by molar-refractivity contribution is -0.119. The number of rotatable bonds is 4. The molecule has 124 valence electrons. The van der Waals surface area contributed by atoms with Gasteiger partial charge in [0.15, 0.2) is 6.61 Å². The summed E-state index contributed by atoms with van der Waals surface area (Å²) in [6.07, 6.45) is 4.46. The minimum absolute atomic E-state index is 0.293. The first-order valence-corrected chi connectivity index (χ1v) is 8.55. The number of nitrogens with zero attached hydrogens (tertiary/aromatic N) is 1. The average Bonchev–Trinajstić information content (AvgIpc) is 3.19. The van der Waals surface area contributed by atoms with Crippen LogP contribution in [0.2, 0.25) is 0 Å². The number of nitriles is 1. The average molecular weight is 343 g/mol. The van der Waals surface area contributed by atoms with E-state index in [2.05, 4.69) is 23.3 Å². The van der Waals surface area contributed by atoms with Crippen LogP contribution in [0.15, 0.2) is 18.3 Å². The normalized spacial score (nSPS) is 16.1. The molecular formula is C17H17N3O3S. The Hall–Kier alpha value is -2.59. The minimum Gasteiger partial charge on any atom is -0.451 e. The van der Waals surface area contributed by atoms with Gasteiger partial charge in [-0.05, 0) is 42.9 Å². The highest BCUT2D eigenvalue weighted by Crippen LogP contribution is 2.39. The Morgan fingerprint density at radius 3 is 3.08 bits per heavy atom. The van der Waals surface area contributed by atoms with Gasteiger partial charge in [0.1, 0.15) is 16.8 Å². The number of hydrogen-bond donors (Lipinski definition) is 2. The summed E-state index contributed by atoms with van der Waals surface area (Å²) in [5, 5.41) is 12.7. The topological polar surface area (TPSA) is 95.0 Å². The van der Waals surface area contributed by atoms with Gasteiger partial charge in [0.05, 0.1) is 5.56 Å². The van der Waals surface area contributed by atoms with Crippen molar-refractivity contribution in [2.24, 2.45) is 5.92 Å². The number of carbonyl (C=O) groups is 2. The van der Waals surface area contributed by atoms with Crippen molar-refractivity contribution in [1.82, 2.24) is 4.98 Å². The van der Waals surface area contributed by atoms with Gasteiger partial charge < -0.3 is 15.0 Å². The maximum atomic E-state index is 12.0. The van der Waals surface area contributed by atoms with Crippen LogP contribution in [0, 0.1) is 17.2 Å². The van der Waals surface area contributed by atoms with Gasteiger partial charge in [-0.3, -0.25) is 4.79 Å². The van der Waals surface area contributed by atoms with Crippen molar-refractivity contribution in [2.75, 3.05) is 11.9 Å². The van der Waals surface area contributed by atoms with Crippen LogP contribution in [0.4, 0.5) is 5.00 Å². The molecule has 2 aromatic heterocycles. The molecular weight excluding hydrogens is 326 g/mol. The van der Waals surface area contributed by atoms with E-state index in [1.807, 2.05) is 0 Å². The molecule has 2 aromatic rings. The second kappa shape index (κ2) is 6.89. The summed E-state index contributed by atoms with van der Waals surface area (Å²) >= 11 is 1.45. The van der Waals surface area contributed by atoms with Crippen LogP contribution in [0.3, 0.4) is 0 Å². The molecule has 1 atom stereocenters. The zero-order valence-corrected chi connectivity index (χ0v) is 14.0. The van der Waals surface area contributed by atoms with Gasteiger partial charge >= 0.3 is 5.97 Å². The number of esters is 1. The van der Waals surface area contributed by atoms with E-state index in [0.717, 1.165) is 24.8 Å². The van der Waals surface area contributed by atoms with E-state index < -0.39 is 11.9 Å². The third-order valence-corrected chi connectivity index (χ3v) is 5.20. The Kier molecular flexibility index (Phi) is 4.67. The van der Waals surface area contributed by atoms with Gasteiger partial charge in [-0.1, -0.05) is 6.92 Å². The van der Waals surface area contributed by atoms with Crippen LogP contribution in [0.5, 0.6) is 0 Å². The van der Waals surface area contributed by atoms with Crippen LogP contribution < -0.4 is 5.32 Å². The SMILES string of the molecule is C[C@@H]1CCc2c(sc(NC(=O)COC(=O)c3ccc[nH]3)c2C#N)C1. The number of anilines is 1. The second-order valence-corrected chi connectivity index (χ2v) is 6.98. The fraction of sp³-hybridized carbons (Fsp3) is 0.353. The highest BCUT2D eigenvalue weighted by Gasteiger charge is 2.24. The number of thiophene rings is 1. The third-order valence-electron chi connectivity index (χ3n) is 4.03. The molecule has 0 unspecified atom stereocenters. The van der Waals surface area contributed by atoms with Crippen molar-refractivity contribution in [3.8, 4) is 6.07 Å². The largest absolute Gasteiger partial charge is 0.451 e. The number of aromatic amines is 1. The first-order valence-electron chi connectivity index (χ1n) is 7.73. The maximum absolute atomic E-state index is 12.0. The Morgan fingerprint density at radius 2 is 2.38 bits per heavy atom. The van der Waals surface area contributed by atoms with Crippen LogP contribution in [-0.4, -0.2) is 23.5 Å². The molecule has 0 spiro atoms. The standard InChI is InChI=1S/C17H17N3O3S/c1-10-4-5-11-12(8-18)16(24-14(11)7-10)20-15(21)9-23-17(22)13-3-2-6-19-13/h2-3,6,10,19H,4-5,7,9H2,1H3,(H,20,21)/t10-/m1/s1.